The lowest BCUT2D eigenvalue weighted by Gasteiger charge is -2.20. The third kappa shape index (κ3) is 1.82. The summed E-state index contributed by atoms with van der Waals surface area (Å²) in [5, 5.41) is 9.58. The molecule has 1 aromatic rings. The van der Waals surface area contributed by atoms with E-state index in [2.05, 4.69) is 11.4 Å². The first-order valence-corrected chi connectivity index (χ1v) is 4.85. The molecule has 0 saturated heterocycles. The van der Waals surface area contributed by atoms with Crippen LogP contribution in [0.2, 0.25) is 0 Å². The number of aromatic nitrogens is 1. The lowest BCUT2D eigenvalue weighted by Crippen LogP contribution is -2.07. The predicted molar refractivity (Wildman–Crippen MR) is 51.4 cm³/mol. The average Bonchev–Trinajstić information content (AvgIpc) is 2.20. The van der Waals surface area contributed by atoms with Crippen molar-refractivity contribution in [3.05, 3.63) is 30.4 Å². The smallest absolute Gasteiger partial charge is 0.137 e. The van der Waals surface area contributed by atoms with E-state index in [1.54, 1.807) is 18.3 Å². The SMILES string of the molecule is Oc1cccnc1C1[CH]CCCC1. The van der Waals surface area contributed by atoms with Crippen molar-refractivity contribution in [1.29, 1.82) is 0 Å². The minimum atomic E-state index is 0.339. The van der Waals surface area contributed by atoms with Gasteiger partial charge < -0.3 is 5.11 Å². The maximum absolute atomic E-state index is 9.58. The second-order valence-electron chi connectivity index (χ2n) is 3.53. The summed E-state index contributed by atoms with van der Waals surface area (Å²) >= 11 is 0. The van der Waals surface area contributed by atoms with E-state index >= 15 is 0 Å². The van der Waals surface area contributed by atoms with E-state index < -0.39 is 0 Å². The van der Waals surface area contributed by atoms with E-state index in [9.17, 15) is 5.11 Å². The minimum Gasteiger partial charge on any atom is -0.506 e. The molecule has 0 spiro atoms. The van der Waals surface area contributed by atoms with E-state index in [1.807, 2.05) is 0 Å². The maximum Gasteiger partial charge on any atom is 0.137 e. The predicted octanol–water partition coefficient (Wildman–Crippen LogP) is 2.65. The van der Waals surface area contributed by atoms with Gasteiger partial charge >= 0.3 is 0 Å². The van der Waals surface area contributed by atoms with Gasteiger partial charge in [-0.15, -0.1) is 0 Å². The number of aromatic hydroxyl groups is 1. The van der Waals surface area contributed by atoms with Gasteiger partial charge in [-0.25, -0.2) is 0 Å². The molecule has 0 bridgehead atoms. The van der Waals surface area contributed by atoms with Gasteiger partial charge in [-0.2, -0.15) is 0 Å². The molecule has 2 rings (SSSR count). The number of hydrogen-bond donors (Lipinski definition) is 1. The molecule has 1 N–H and O–H groups in total. The fourth-order valence-corrected chi connectivity index (χ4v) is 1.89. The molecule has 1 aromatic heterocycles. The second kappa shape index (κ2) is 3.77. The van der Waals surface area contributed by atoms with Crippen LogP contribution in [-0.4, -0.2) is 10.1 Å². The average molecular weight is 176 g/mol. The Kier molecular flexibility index (Phi) is 2.48. The van der Waals surface area contributed by atoms with Crippen molar-refractivity contribution in [2.24, 2.45) is 0 Å². The molecule has 1 fully saturated rings. The summed E-state index contributed by atoms with van der Waals surface area (Å²) in [6.07, 6.45) is 8.83. The van der Waals surface area contributed by atoms with E-state index in [-0.39, 0.29) is 0 Å². The Morgan fingerprint density at radius 1 is 1.38 bits per heavy atom. The summed E-state index contributed by atoms with van der Waals surface area (Å²) in [5.41, 5.74) is 0.849. The lowest BCUT2D eigenvalue weighted by molar-refractivity contribution is 0.444. The van der Waals surface area contributed by atoms with Crippen LogP contribution < -0.4 is 0 Å². The fraction of sp³-hybridized carbons (Fsp3) is 0.455. The zero-order valence-electron chi connectivity index (χ0n) is 7.61. The lowest BCUT2D eigenvalue weighted by atomic mass is 9.86. The van der Waals surface area contributed by atoms with Crippen LogP contribution in [0, 0.1) is 6.42 Å². The molecule has 2 nitrogen and oxygen atoms in total. The van der Waals surface area contributed by atoms with Crippen LogP contribution in [-0.2, 0) is 0 Å². The summed E-state index contributed by atoms with van der Waals surface area (Å²) in [5.74, 6) is 0.709. The Bertz CT molecular complexity index is 279. The highest BCUT2D eigenvalue weighted by Gasteiger charge is 2.19. The van der Waals surface area contributed by atoms with Crippen LogP contribution in [0.4, 0.5) is 0 Å². The monoisotopic (exact) mass is 176 g/mol. The third-order valence-electron chi connectivity index (χ3n) is 2.59. The molecular formula is C11H14NO. The largest absolute Gasteiger partial charge is 0.506 e. The van der Waals surface area contributed by atoms with Crippen LogP contribution >= 0.6 is 0 Å². The number of hydrogen-bond acceptors (Lipinski definition) is 2. The summed E-state index contributed by atoms with van der Waals surface area (Å²) in [6.45, 7) is 0. The highest BCUT2D eigenvalue weighted by Crippen LogP contribution is 2.34. The van der Waals surface area contributed by atoms with Gasteiger partial charge in [0.05, 0.1) is 5.69 Å². The minimum absolute atomic E-state index is 0.339. The van der Waals surface area contributed by atoms with Crippen LogP contribution in [0.5, 0.6) is 5.75 Å². The van der Waals surface area contributed by atoms with Crippen LogP contribution in [0.3, 0.4) is 0 Å². The van der Waals surface area contributed by atoms with Gasteiger partial charge in [-0.3, -0.25) is 4.98 Å². The summed E-state index contributed by atoms with van der Waals surface area (Å²) in [7, 11) is 0. The summed E-state index contributed by atoms with van der Waals surface area (Å²) < 4.78 is 0. The van der Waals surface area contributed by atoms with Gasteiger partial charge in [-0.1, -0.05) is 12.8 Å². The Hall–Kier alpha value is -1.05. The third-order valence-corrected chi connectivity index (χ3v) is 2.59. The number of rotatable bonds is 1. The Labute approximate surface area is 78.6 Å². The standard InChI is InChI=1S/C11H14NO/c13-10-7-4-8-12-11(10)9-5-2-1-3-6-9/h4-5,7-9,13H,1-3,6H2. The molecule has 0 amide bonds. The second-order valence-corrected chi connectivity index (χ2v) is 3.53. The molecule has 1 unspecified atom stereocenters. The molecular weight excluding hydrogens is 162 g/mol. The van der Waals surface area contributed by atoms with Crippen molar-refractivity contribution >= 4 is 0 Å². The highest BCUT2D eigenvalue weighted by atomic mass is 16.3. The molecule has 0 aliphatic heterocycles. The Morgan fingerprint density at radius 3 is 3.00 bits per heavy atom. The van der Waals surface area contributed by atoms with Crippen molar-refractivity contribution in [1.82, 2.24) is 4.98 Å². The van der Waals surface area contributed by atoms with E-state index in [4.69, 9.17) is 0 Å². The van der Waals surface area contributed by atoms with Crippen molar-refractivity contribution in [2.75, 3.05) is 0 Å². The topological polar surface area (TPSA) is 33.1 Å². The number of pyridine rings is 1. The first kappa shape index (κ1) is 8.54. The van der Waals surface area contributed by atoms with Crippen LogP contribution in [0.15, 0.2) is 18.3 Å². The van der Waals surface area contributed by atoms with Crippen molar-refractivity contribution < 1.29 is 5.11 Å². The van der Waals surface area contributed by atoms with Gasteiger partial charge in [0.15, 0.2) is 0 Å². The first-order valence-electron chi connectivity index (χ1n) is 4.85. The molecule has 0 aromatic carbocycles. The molecule has 1 heterocycles. The Balaban J connectivity index is 2.18. The van der Waals surface area contributed by atoms with Crippen molar-refractivity contribution in [3.8, 4) is 5.75 Å². The molecule has 1 radical (unpaired) electrons. The van der Waals surface area contributed by atoms with Gasteiger partial charge in [-0.05, 0) is 31.4 Å². The molecule has 1 aliphatic carbocycles. The highest BCUT2D eigenvalue weighted by molar-refractivity contribution is 5.30. The van der Waals surface area contributed by atoms with Gasteiger partial charge in [0.2, 0.25) is 0 Å². The molecule has 1 saturated carbocycles. The van der Waals surface area contributed by atoms with Crippen molar-refractivity contribution in [2.45, 2.75) is 31.6 Å². The van der Waals surface area contributed by atoms with Crippen LogP contribution in [0.25, 0.3) is 0 Å². The van der Waals surface area contributed by atoms with Gasteiger partial charge in [0, 0.05) is 12.1 Å². The zero-order chi connectivity index (χ0) is 9.10. The molecule has 2 heteroatoms. The maximum atomic E-state index is 9.58. The van der Waals surface area contributed by atoms with E-state index in [0.717, 1.165) is 18.5 Å². The number of nitrogens with zero attached hydrogens (tertiary/aromatic N) is 1. The quantitative estimate of drug-likeness (QED) is 0.713. The molecule has 1 atom stereocenters. The fourth-order valence-electron chi connectivity index (χ4n) is 1.89. The van der Waals surface area contributed by atoms with Crippen molar-refractivity contribution in [3.63, 3.8) is 0 Å². The van der Waals surface area contributed by atoms with E-state index in [0.29, 0.717) is 11.7 Å². The zero-order valence-corrected chi connectivity index (χ0v) is 7.61. The Morgan fingerprint density at radius 2 is 2.31 bits per heavy atom. The molecule has 69 valence electrons. The first-order chi connectivity index (χ1) is 6.38. The van der Waals surface area contributed by atoms with Gasteiger partial charge in [0.1, 0.15) is 5.75 Å². The summed E-state index contributed by atoms with van der Waals surface area (Å²) in [4.78, 5) is 4.22. The van der Waals surface area contributed by atoms with Crippen LogP contribution in [0.1, 0.15) is 37.3 Å². The summed E-state index contributed by atoms with van der Waals surface area (Å²) in [6, 6.07) is 3.48. The van der Waals surface area contributed by atoms with Gasteiger partial charge in [0.25, 0.3) is 0 Å². The normalized spacial score (nSPS) is 18.8. The molecule has 13 heavy (non-hydrogen) atoms. The van der Waals surface area contributed by atoms with E-state index in [1.165, 1.54) is 12.8 Å². The molecule has 1 aliphatic rings.